The molecule has 2 rings (SSSR count). The second-order valence-electron chi connectivity index (χ2n) is 6.51. The quantitative estimate of drug-likeness (QED) is 0.846. The van der Waals surface area contributed by atoms with Crippen molar-refractivity contribution in [3.8, 4) is 6.07 Å². The minimum absolute atomic E-state index is 0.226. The molecule has 4 heteroatoms. The fourth-order valence-corrected chi connectivity index (χ4v) is 3.22. The van der Waals surface area contributed by atoms with Crippen LogP contribution < -0.4 is 0 Å². The van der Waals surface area contributed by atoms with Gasteiger partial charge in [-0.1, -0.05) is 19.9 Å². The third kappa shape index (κ3) is 2.89. The van der Waals surface area contributed by atoms with Crippen LogP contribution in [0.4, 0.5) is 4.39 Å². The topological polar surface area (TPSA) is 44.0 Å². The van der Waals surface area contributed by atoms with E-state index in [0.717, 1.165) is 12.8 Å². The summed E-state index contributed by atoms with van der Waals surface area (Å²) in [6, 6.07) is 6.78. The molecule has 20 heavy (non-hydrogen) atoms. The zero-order valence-corrected chi connectivity index (χ0v) is 13.4. The van der Waals surface area contributed by atoms with Crippen molar-refractivity contribution in [2.24, 2.45) is 10.8 Å². The summed E-state index contributed by atoms with van der Waals surface area (Å²) < 4.78 is 13.6. The number of hydrogen-bond acceptors (Lipinski definition) is 2. The number of nitriles is 1. The molecule has 0 radical (unpaired) electrons. The van der Waals surface area contributed by atoms with Crippen LogP contribution in [0, 0.1) is 28.0 Å². The molecule has 1 saturated carbocycles. The van der Waals surface area contributed by atoms with Gasteiger partial charge in [0, 0.05) is 0 Å². The maximum atomic E-state index is 13.3. The second-order valence-corrected chi connectivity index (χ2v) is 7.36. The molecule has 0 saturated heterocycles. The molecule has 1 aliphatic carbocycles. The predicted octanol–water partition coefficient (Wildman–Crippen LogP) is 4.73. The number of nitrogens with zero attached hydrogens (tertiary/aromatic N) is 1. The van der Waals surface area contributed by atoms with Crippen molar-refractivity contribution in [3.05, 3.63) is 34.1 Å². The van der Waals surface area contributed by atoms with Crippen molar-refractivity contribution >= 4 is 15.9 Å². The van der Waals surface area contributed by atoms with Crippen LogP contribution in [0.15, 0.2) is 22.7 Å². The fraction of sp³-hybridized carbons (Fsp3) is 0.562. The summed E-state index contributed by atoms with van der Waals surface area (Å²) in [5.41, 5.74) is 0.0653. The Bertz CT molecular complexity index is 540. The lowest BCUT2D eigenvalue weighted by Crippen LogP contribution is -2.35. The first-order chi connectivity index (χ1) is 9.30. The third-order valence-corrected chi connectivity index (χ3v) is 5.11. The zero-order chi connectivity index (χ0) is 15.0. The van der Waals surface area contributed by atoms with Gasteiger partial charge < -0.3 is 5.11 Å². The Morgan fingerprint density at radius 3 is 2.40 bits per heavy atom. The Morgan fingerprint density at radius 2 is 1.90 bits per heavy atom. The molecular weight excluding hydrogens is 321 g/mol. The molecule has 0 spiro atoms. The molecule has 0 aromatic heterocycles. The van der Waals surface area contributed by atoms with E-state index in [2.05, 4.69) is 35.8 Å². The molecule has 1 fully saturated rings. The smallest absolute Gasteiger partial charge is 0.137 e. The molecule has 2 nitrogen and oxygen atoms in total. The molecule has 1 unspecified atom stereocenters. The number of hydrogen-bond donors (Lipinski definition) is 1. The average Bonchev–Trinajstić information content (AvgIpc) is 2.42. The molecule has 1 aromatic carbocycles. The molecule has 0 amide bonds. The Labute approximate surface area is 127 Å². The van der Waals surface area contributed by atoms with Crippen LogP contribution >= 0.6 is 15.9 Å². The molecule has 1 N–H and O–H groups in total. The lowest BCUT2D eigenvalue weighted by Gasteiger charge is -2.42. The summed E-state index contributed by atoms with van der Waals surface area (Å²) in [6.45, 7) is 4.38. The van der Waals surface area contributed by atoms with Crippen molar-refractivity contribution in [1.29, 1.82) is 5.26 Å². The maximum Gasteiger partial charge on any atom is 0.137 e. The van der Waals surface area contributed by atoms with Gasteiger partial charge in [-0.3, -0.25) is 0 Å². The van der Waals surface area contributed by atoms with Crippen molar-refractivity contribution in [3.63, 3.8) is 0 Å². The maximum absolute atomic E-state index is 13.3. The largest absolute Gasteiger partial charge is 0.387 e. The van der Waals surface area contributed by atoms with E-state index >= 15 is 0 Å². The van der Waals surface area contributed by atoms with Crippen molar-refractivity contribution < 1.29 is 9.50 Å². The van der Waals surface area contributed by atoms with Gasteiger partial charge in [-0.2, -0.15) is 5.26 Å². The van der Waals surface area contributed by atoms with E-state index < -0.39 is 11.5 Å². The molecule has 1 aliphatic rings. The van der Waals surface area contributed by atoms with E-state index in [-0.39, 0.29) is 11.2 Å². The number of halogens is 2. The zero-order valence-electron chi connectivity index (χ0n) is 11.8. The van der Waals surface area contributed by atoms with E-state index in [1.54, 1.807) is 12.1 Å². The van der Waals surface area contributed by atoms with Crippen LogP contribution in [0.3, 0.4) is 0 Å². The van der Waals surface area contributed by atoms with Gasteiger partial charge in [0.2, 0.25) is 0 Å². The third-order valence-electron chi connectivity index (χ3n) is 4.50. The lowest BCUT2D eigenvalue weighted by molar-refractivity contribution is 0.00949. The van der Waals surface area contributed by atoms with Gasteiger partial charge >= 0.3 is 0 Å². The van der Waals surface area contributed by atoms with Gasteiger partial charge in [0.1, 0.15) is 5.82 Å². The van der Waals surface area contributed by atoms with Crippen molar-refractivity contribution in [2.75, 3.05) is 0 Å². The summed E-state index contributed by atoms with van der Waals surface area (Å²) in [5.74, 6) is -0.364. The van der Waals surface area contributed by atoms with Gasteiger partial charge in [-0.05, 0) is 64.7 Å². The first kappa shape index (κ1) is 15.5. The molecule has 1 atom stereocenters. The van der Waals surface area contributed by atoms with Crippen molar-refractivity contribution in [1.82, 2.24) is 0 Å². The van der Waals surface area contributed by atoms with Gasteiger partial charge in [-0.15, -0.1) is 0 Å². The number of aliphatic hydroxyl groups excluding tert-OH is 1. The highest BCUT2D eigenvalue weighted by Gasteiger charge is 2.44. The monoisotopic (exact) mass is 339 g/mol. The second kappa shape index (κ2) is 5.46. The Morgan fingerprint density at radius 1 is 1.30 bits per heavy atom. The number of rotatable bonds is 2. The summed E-state index contributed by atoms with van der Waals surface area (Å²) in [5, 5.41) is 20.2. The fourth-order valence-electron chi connectivity index (χ4n) is 2.82. The Hall–Kier alpha value is -0.920. The number of benzene rings is 1. The van der Waals surface area contributed by atoms with Gasteiger partial charge in [-0.25, -0.2) is 4.39 Å². The summed E-state index contributed by atoms with van der Waals surface area (Å²) in [4.78, 5) is 0. The minimum atomic E-state index is -0.875. The average molecular weight is 340 g/mol. The highest BCUT2D eigenvalue weighted by molar-refractivity contribution is 9.10. The first-order valence-corrected chi connectivity index (χ1v) is 7.63. The summed E-state index contributed by atoms with van der Waals surface area (Å²) in [7, 11) is 0. The Kier molecular flexibility index (Phi) is 4.22. The van der Waals surface area contributed by atoms with Crippen LogP contribution in [-0.4, -0.2) is 5.11 Å². The highest BCUT2D eigenvalue weighted by Crippen LogP contribution is 2.51. The number of aliphatic hydroxyl groups is 1. The van der Waals surface area contributed by atoms with Gasteiger partial charge in [0.05, 0.1) is 22.1 Å². The van der Waals surface area contributed by atoms with E-state index in [4.69, 9.17) is 0 Å². The molecule has 1 aromatic rings. The molecule has 108 valence electrons. The predicted molar refractivity (Wildman–Crippen MR) is 79.4 cm³/mol. The summed E-state index contributed by atoms with van der Waals surface area (Å²) >= 11 is 3.13. The first-order valence-electron chi connectivity index (χ1n) is 6.84. The molecule has 0 heterocycles. The van der Waals surface area contributed by atoms with Gasteiger partial charge in [0.25, 0.3) is 0 Å². The SMILES string of the molecule is CC1(C)CCC(C#N)(C(O)c2ccc(F)c(Br)c2)CC1. The van der Waals surface area contributed by atoms with E-state index in [0.29, 0.717) is 22.9 Å². The Balaban J connectivity index is 2.28. The van der Waals surface area contributed by atoms with E-state index in [1.807, 2.05) is 0 Å². The van der Waals surface area contributed by atoms with Crippen LogP contribution in [-0.2, 0) is 0 Å². The van der Waals surface area contributed by atoms with Crippen LogP contribution in [0.2, 0.25) is 0 Å². The molecule has 0 bridgehead atoms. The molecule has 0 aliphatic heterocycles. The molecular formula is C16H19BrFNO. The van der Waals surface area contributed by atoms with Crippen LogP contribution in [0.1, 0.15) is 51.2 Å². The van der Waals surface area contributed by atoms with E-state index in [9.17, 15) is 14.8 Å². The summed E-state index contributed by atoms with van der Waals surface area (Å²) in [6.07, 6.45) is 2.31. The van der Waals surface area contributed by atoms with Crippen LogP contribution in [0.25, 0.3) is 0 Å². The minimum Gasteiger partial charge on any atom is -0.387 e. The highest BCUT2D eigenvalue weighted by atomic mass is 79.9. The van der Waals surface area contributed by atoms with Crippen LogP contribution in [0.5, 0.6) is 0 Å². The van der Waals surface area contributed by atoms with Gasteiger partial charge in [0.15, 0.2) is 0 Å². The lowest BCUT2D eigenvalue weighted by atomic mass is 9.62. The van der Waals surface area contributed by atoms with E-state index in [1.165, 1.54) is 6.07 Å². The normalized spacial score (nSPS) is 22.0. The van der Waals surface area contributed by atoms with Crippen molar-refractivity contribution in [2.45, 2.75) is 45.6 Å². The standard InChI is InChI=1S/C16H19BrFNO/c1-15(2)5-7-16(10-19,8-6-15)14(20)11-3-4-13(18)12(17)9-11/h3-4,9,14,20H,5-8H2,1-2H3.